The Labute approximate surface area is 128 Å². The van der Waals surface area contributed by atoms with E-state index in [1.807, 2.05) is 30.9 Å². The molecular formula is C14H20BrN3O2. The molecule has 6 heteroatoms. The van der Waals surface area contributed by atoms with Crippen LogP contribution in [-0.2, 0) is 9.53 Å². The van der Waals surface area contributed by atoms with Crippen molar-refractivity contribution >= 4 is 27.7 Å². The zero-order valence-corrected chi connectivity index (χ0v) is 13.5. The topological polar surface area (TPSA) is 45.7 Å². The first-order chi connectivity index (χ1) is 9.61. The maximum absolute atomic E-state index is 12.1. The maximum Gasteiger partial charge on any atom is 0.251 e. The Balaban J connectivity index is 1.89. The zero-order valence-electron chi connectivity index (χ0n) is 11.9. The van der Waals surface area contributed by atoms with Gasteiger partial charge in [0.1, 0.15) is 11.9 Å². The van der Waals surface area contributed by atoms with Crippen LogP contribution in [0.25, 0.3) is 0 Å². The van der Waals surface area contributed by atoms with Crippen LogP contribution < -0.4 is 4.90 Å². The molecule has 0 aromatic carbocycles. The highest BCUT2D eigenvalue weighted by molar-refractivity contribution is 9.10. The van der Waals surface area contributed by atoms with Crippen molar-refractivity contribution in [3.63, 3.8) is 0 Å². The number of halogens is 1. The van der Waals surface area contributed by atoms with Gasteiger partial charge in [0.25, 0.3) is 5.91 Å². The van der Waals surface area contributed by atoms with Gasteiger partial charge in [-0.3, -0.25) is 4.79 Å². The molecule has 1 aromatic rings. The first-order valence-corrected chi connectivity index (χ1v) is 7.68. The smallest absolute Gasteiger partial charge is 0.251 e. The maximum atomic E-state index is 12.1. The molecule has 0 unspecified atom stereocenters. The predicted octanol–water partition coefficient (Wildman–Crippen LogP) is 1.92. The van der Waals surface area contributed by atoms with E-state index in [0.717, 1.165) is 23.4 Å². The molecule has 1 aromatic heterocycles. The Morgan fingerprint density at radius 3 is 2.65 bits per heavy atom. The minimum Gasteiger partial charge on any atom is -0.369 e. The van der Waals surface area contributed by atoms with Crippen LogP contribution in [0.15, 0.2) is 22.8 Å². The quantitative estimate of drug-likeness (QED) is 0.839. The van der Waals surface area contributed by atoms with Crippen molar-refractivity contribution in [3.8, 4) is 0 Å². The monoisotopic (exact) mass is 341 g/mol. The third kappa shape index (κ3) is 3.70. The number of aromatic nitrogens is 1. The average molecular weight is 342 g/mol. The van der Waals surface area contributed by atoms with E-state index in [1.54, 1.807) is 6.20 Å². The highest BCUT2D eigenvalue weighted by atomic mass is 79.9. The fourth-order valence-corrected chi connectivity index (χ4v) is 2.52. The number of hydrogen-bond donors (Lipinski definition) is 0. The van der Waals surface area contributed by atoms with Crippen LogP contribution in [0.2, 0.25) is 0 Å². The number of hydrogen-bond acceptors (Lipinski definition) is 4. The van der Waals surface area contributed by atoms with Crippen LogP contribution >= 0.6 is 15.9 Å². The summed E-state index contributed by atoms with van der Waals surface area (Å²) >= 11 is 3.38. The van der Waals surface area contributed by atoms with Gasteiger partial charge in [-0.05, 0) is 41.9 Å². The average Bonchev–Trinajstić information content (AvgIpc) is 2.48. The largest absolute Gasteiger partial charge is 0.369 e. The zero-order chi connectivity index (χ0) is 14.5. The van der Waals surface area contributed by atoms with Gasteiger partial charge >= 0.3 is 0 Å². The van der Waals surface area contributed by atoms with Gasteiger partial charge in [0.2, 0.25) is 0 Å². The van der Waals surface area contributed by atoms with Crippen LogP contribution in [0, 0.1) is 0 Å². The van der Waals surface area contributed by atoms with Crippen LogP contribution in [0.5, 0.6) is 0 Å². The first-order valence-electron chi connectivity index (χ1n) is 6.88. The summed E-state index contributed by atoms with van der Waals surface area (Å²) in [6.07, 6.45) is 1.45. The van der Waals surface area contributed by atoms with E-state index in [-0.39, 0.29) is 12.0 Å². The lowest BCUT2D eigenvalue weighted by Gasteiger charge is -2.36. The molecule has 1 aliphatic rings. The SMILES string of the molecule is CCO[C@@H](C)C(=O)N1CCN(c2ccc(Br)cn2)CC1. The molecule has 1 aliphatic heterocycles. The lowest BCUT2D eigenvalue weighted by Crippen LogP contribution is -2.51. The molecule has 0 bridgehead atoms. The number of carbonyl (C=O) groups excluding carboxylic acids is 1. The van der Waals surface area contributed by atoms with Gasteiger partial charge in [0.15, 0.2) is 0 Å². The van der Waals surface area contributed by atoms with E-state index >= 15 is 0 Å². The number of ether oxygens (including phenoxy) is 1. The first kappa shape index (κ1) is 15.3. The van der Waals surface area contributed by atoms with E-state index in [2.05, 4.69) is 25.8 Å². The summed E-state index contributed by atoms with van der Waals surface area (Å²) in [6.45, 7) is 7.32. The molecule has 0 aliphatic carbocycles. The number of amides is 1. The summed E-state index contributed by atoms with van der Waals surface area (Å²) in [7, 11) is 0. The van der Waals surface area contributed by atoms with Crippen LogP contribution in [0.3, 0.4) is 0 Å². The summed E-state index contributed by atoms with van der Waals surface area (Å²) in [5, 5.41) is 0. The molecule has 2 heterocycles. The molecule has 0 spiro atoms. The van der Waals surface area contributed by atoms with Gasteiger partial charge in [-0.1, -0.05) is 0 Å². The molecule has 0 radical (unpaired) electrons. The predicted molar refractivity (Wildman–Crippen MR) is 81.8 cm³/mol. The minimum absolute atomic E-state index is 0.0789. The van der Waals surface area contributed by atoms with E-state index in [9.17, 15) is 4.79 Å². The normalized spacial score (nSPS) is 17.1. The Hall–Kier alpha value is -1.14. The van der Waals surface area contributed by atoms with Gasteiger partial charge in [-0.15, -0.1) is 0 Å². The third-order valence-electron chi connectivity index (χ3n) is 3.39. The van der Waals surface area contributed by atoms with Crippen molar-refractivity contribution in [1.82, 2.24) is 9.88 Å². The van der Waals surface area contributed by atoms with Gasteiger partial charge < -0.3 is 14.5 Å². The fourth-order valence-electron chi connectivity index (χ4n) is 2.29. The highest BCUT2D eigenvalue weighted by Gasteiger charge is 2.25. The van der Waals surface area contributed by atoms with Crippen LogP contribution in [-0.4, -0.2) is 54.7 Å². The molecule has 0 N–H and O–H groups in total. The summed E-state index contributed by atoms with van der Waals surface area (Å²) in [5.41, 5.74) is 0. The molecule has 1 amide bonds. The second-order valence-electron chi connectivity index (χ2n) is 4.74. The highest BCUT2D eigenvalue weighted by Crippen LogP contribution is 2.17. The van der Waals surface area contributed by atoms with Crippen molar-refractivity contribution in [2.75, 3.05) is 37.7 Å². The number of rotatable bonds is 4. The summed E-state index contributed by atoms with van der Waals surface area (Å²) in [4.78, 5) is 20.6. The molecule has 1 atom stereocenters. The molecule has 1 saturated heterocycles. The second kappa shape index (κ2) is 7.04. The number of pyridine rings is 1. The third-order valence-corrected chi connectivity index (χ3v) is 3.86. The van der Waals surface area contributed by atoms with Gasteiger partial charge in [-0.2, -0.15) is 0 Å². The summed E-state index contributed by atoms with van der Waals surface area (Å²) in [6, 6.07) is 3.97. The number of carbonyl (C=O) groups is 1. The van der Waals surface area contributed by atoms with E-state index in [0.29, 0.717) is 19.7 Å². The lowest BCUT2D eigenvalue weighted by atomic mass is 10.2. The standard InChI is InChI=1S/C14H20BrN3O2/c1-3-20-11(2)14(19)18-8-6-17(7-9-18)13-5-4-12(15)10-16-13/h4-5,10-11H,3,6-9H2,1-2H3/t11-/m0/s1. The van der Waals surface area contributed by atoms with Gasteiger partial charge in [0.05, 0.1) is 0 Å². The molecule has 2 rings (SSSR count). The fraction of sp³-hybridized carbons (Fsp3) is 0.571. The Morgan fingerprint density at radius 1 is 1.40 bits per heavy atom. The van der Waals surface area contributed by atoms with Crippen molar-refractivity contribution in [3.05, 3.63) is 22.8 Å². The van der Waals surface area contributed by atoms with Gasteiger partial charge in [-0.25, -0.2) is 4.98 Å². The van der Waals surface area contributed by atoms with Crippen molar-refractivity contribution in [2.45, 2.75) is 20.0 Å². The van der Waals surface area contributed by atoms with Gasteiger partial charge in [0, 0.05) is 43.5 Å². The van der Waals surface area contributed by atoms with Crippen LogP contribution in [0.4, 0.5) is 5.82 Å². The summed E-state index contributed by atoms with van der Waals surface area (Å²) in [5.74, 6) is 1.04. The van der Waals surface area contributed by atoms with Crippen molar-refractivity contribution in [1.29, 1.82) is 0 Å². The van der Waals surface area contributed by atoms with E-state index in [4.69, 9.17) is 4.74 Å². The molecule has 1 fully saturated rings. The minimum atomic E-state index is -0.350. The van der Waals surface area contributed by atoms with E-state index in [1.165, 1.54) is 0 Å². The Morgan fingerprint density at radius 2 is 2.10 bits per heavy atom. The number of nitrogens with zero attached hydrogens (tertiary/aromatic N) is 3. The molecular weight excluding hydrogens is 322 g/mol. The lowest BCUT2D eigenvalue weighted by molar-refractivity contribution is -0.142. The van der Waals surface area contributed by atoms with Crippen molar-refractivity contribution < 1.29 is 9.53 Å². The van der Waals surface area contributed by atoms with E-state index < -0.39 is 0 Å². The number of piperazine rings is 1. The molecule has 5 nitrogen and oxygen atoms in total. The Kier molecular flexibility index (Phi) is 5.37. The Bertz CT molecular complexity index is 444. The molecule has 0 saturated carbocycles. The number of anilines is 1. The summed E-state index contributed by atoms with van der Waals surface area (Å²) < 4.78 is 6.33. The second-order valence-corrected chi connectivity index (χ2v) is 5.66. The molecule has 110 valence electrons. The van der Waals surface area contributed by atoms with Crippen LogP contribution in [0.1, 0.15) is 13.8 Å². The molecule has 20 heavy (non-hydrogen) atoms. The van der Waals surface area contributed by atoms with Crippen molar-refractivity contribution in [2.24, 2.45) is 0 Å².